The van der Waals surface area contributed by atoms with Gasteiger partial charge in [-0.05, 0) is 31.7 Å². The van der Waals surface area contributed by atoms with Gasteiger partial charge >= 0.3 is 5.97 Å². The number of alkyl halides is 1. The molecule has 6 N–H and O–H groups in total. The molecule has 6 unspecified atom stereocenters. The molecule has 0 aromatic heterocycles. The Balaban J connectivity index is 2.15. The van der Waals surface area contributed by atoms with Crippen LogP contribution in [0.4, 0.5) is 10.1 Å². The highest BCUT2D eigenvalue weighted by atomic mass is 19.1. The van der Waals surface area contributed by atoms with Gasteiger partial charge in [0.15, 0.2) is 6.10 Å². The van der Waals surface area contributed by atoms with Crippen molar-refractivity contribution in [3.63, 3.8) is 0 Å². The molecule has 11 heteroatoms. The van der Waals surface area contributed by atoms with E-state index in [1.807, 2.05) is 0 Å². The van der Waals surface area contributed by atoms with Crippen LogP contribution in [-0.2, 0) is 21.0 Å². The molecule has 0 saturated carbocycles. The SMILES string of the molecule is C#CCCC(NC)C(=O)Nc1ccc(OC2OC(C(=O)O)C(O)C(O)C2O)c(CF)c1. The number of amides is 1. The molecular formula is C20H25FN2O8. The highest BCUT2D eigenvalue weighted by molar-refractivity contribution is 5.95. The molecule has 0 aliphatic carbocycles. The number of hydrogen-bond acceptors (Lipinski definition) is 8. The number of carboxylic acid groups (broad SMARTS) is 1. The van der Waals surface area contributed by atoms with Crippen LogP contribution in [0.25, 0.3) is 0 Å². The first-order valence-electron chi connectivity index (χ1n) is 9.43. The van der Waals surface area contributed by atoms with E-state index in [2.05, 4.69) is 16.6 Å². The normalized spacial score (nSPS) is 26.5. The number of aliphatic hydroxyl groups is 3. The number of terminal acetylenes is 1. The quantitative estimate of drug-likeness (QED) is 0.275. The van der Waals surface area contributed by atoms with Gasteiger partial charge in [0.05, 0.1) is 6.04 Å². The molecule has 1 aliphatic heterocycles. The molecule has 1 heterocycles. The fourth-order valence-electron chi connectivity index (χ4n) is 3.01. The highest BCUT2D eigenvalue weighted by Gasteiger charge is 2.48. The van der Waals surface area contributed by atoms with E-state index in [-0.39, 0.29) is 22.9 Å². The molecule has 1 aromatic carbocycles. The monoisotopic (exact) mass is 440 g/mol. The smallest absolute Gasteiger partial charge is 0.335 e. The molecule has 0 spiro atoms. The van der Waals surface area contributed by atoms with Crippen molar-refractivity contribution in [3.05, 3.63) is 23.8 Å². The Morgan fingerprint density at radius 1 is 1.29 bits per heavy atom. The third-order valence-corrected chi connectivity index (χ3v) is 4.77. The number of halogens is 1. The summed E-state index contributed by atoms with van der Waals surface area (Å²) in [6, 6.07) is 3.46. The number of likely N-dealkylation sites (N-methyl/N-ethyl adjacent to an activating group) is 1. The van der Waals surface area contributed by atoms with Crippen molar-refractivity contribution >= 4 is 17.6 Å². The molecule has 170 valence electrons. The predicted molar refractivity (Wildman–Crippen MR) is 106 cm³/mol. The lowest BCUT2D eigenvalue weighted by molar-refractivity contribution is -0.271. The number of aliphatic carboxylic acids is 1. The van der Waals surface area contributed by atoms with E-state index in [4.69, 9.17) is 21.0 Å². The predicted octanol–water partition coefficient (Wildman–Crippen LogP) is -0.633. The first-order chi connectivity index (χ1) is 14.7. The minimum absolute atomic E-state index is 0.0225. The van der Waals surface area contributed by atoms with E-state index >= 15 is 0 Å². The molecule has 2 rings (SSSR count). The average Bonchev–Trinajstić information content (AvgIpc) is 2.75. The second-order valence-electron chi connectivity index (χ2n) is 6.88. The van der Waals surface area contributed by atoms with Crippen LogP contribution in [0.5, 0.6) is 5.75 Å². The Morgan fingerprint density at radius 3 is 2.58 bits per heavy atom. The van der Waals surface area contributed by atoms with E-state index in [0.29, 0.717) is 12.8 Å². The number of anilines is 1. The van der Waals surface area contributed by atoms with Crippen molar-refractivity contribution in [1.29, 1.82) is 0 Å². The summed E-state index contributed by atoms with van der Waals surface area (Å²) >= 11 is 0. The van der Waals surface area contributed by atoms with Crippen LogP contribution in [0, 0.1) is 12.3 Å². The van der Waals surface area contributed by atoms with Gasteiger partial charge in [-0.25, -0.2) is 9.18 Å². The third-order valence-electron chi connectivity index (χ3n) is 4.77. The van der Waals surface area contributed by atoms with Crippen molar-refractivity contribution in [3.8, 4) is 18.1 Å². The Bertz CT molecular complexity index is 830. The zero-order valence-corrected chi connectivity index (χ0v) is 16.7. The minimum atomic E-state index is -1.87. The van der Waals surface area contributed by atoms with Gasteiger partial charge < -0.3 is 40.5 Å². The molecule has 10 nitrogen and oxygen atoms in total. The molecule has 1 aliphatic rings. The summed E-state index contributed by atoms with van der Waals surface area (Å²) in [6.07, 6.45) is -3.03. The molecule has 1 fully saturated rings. The number of hydrogen-bond donors (Lipinski definition) is 6. The van der Waals surface area contributed by atoms with Gasteiger partial charge in [0.1, 0.15) is 30.7 Å². The Labute approximate surface area is 178 Å². The molecule has 1 aromatic rings. The maximum absolute atomic E-state index is 13.6. The molecule has 1 saturated heterocycles. The number of nitrogens with one attached hydrogen (secondary N) is 2. The van der Waals surface area contributed by atoms with Crippen LogP contribution in [0.1, 0.15) is 18.4 Å². The Morgan fingerprint density at radius 2 is 2.00 bits per heavy atom. The van der Waals surface area contributed by atoms with Gasteiger partial charge in [0.2, 0.25) is 12.2 Å². The van der Waals surface area contributed by atoms with Gasteiger partial charge in [0, 0.05) is 17.7 Å². The maximum Gasteiger partial charge on any atom is 0.335 e. The van der Waals surface area contributed by atoms with Crippen LogP contribution in [0.3, 0.4) is 0 Å². The van der Waals surface area contributed by atoms with Gasteiger partial charge in [0.25, 0.3) is 0 Å². The number of carboxylic acids is 1. The standard InChI is InChI=1S/C20H25FN2O8/c1-3-4-5-12(22-2)18(27)23-11-6-7-13(10(8-11)9-21)30-20-16(26)14(24)15(25)17(31-20)19(28)29/h1,6-8,12,14-17,20,22,24-26H,4-5,9H2,2H3,(H,23,27)(H,28,29). The zero-order valence-electron chi connectivity index (χ0n) is 16.7. The van der Waals surface area contributed by atoms with Crippen LogP contribution >= 0.6 is 0 Å². The van der Waals surface area contributed by atoms with Gasteiger partial charge in [-0.15, -0.1) is 12.3 Å². The Hall–Kier alpha value is -2.75. The van der Waals surface area contributed by atoms with E-state index in [9.17, 15) is 29.3 Å². The number of aliphatic hydroxyl groups excluding tert-OH is 3. The number of ether oxygens (including phenoxy) is 2. The van der Waals surface area contributed by atoms with E-state index in [1.54, 1.807) is 7.05 Å². The lowest BCUT2D eigenvalue weighted by atomic mass is 9.99. The first-order valence-corrected chi connectivity index (χ1v) is 9.43. The van der Waals surface area contributed by atoms with Crippen molar-refractivity contribution in [2.45, 2.75) is 56.3 Å². The summed E-state index contributed by atoms with van der Waals surface area (Å²) in [6.45, 7) is -1.01. The fourth-order valence-corrected chi connectivity index (χ4v) is 3.01. The number of rotatable bonds is 9. The van der Waals surface area contributed by atoms with Crippen molar-refractivity contribution in [2.24, 2.45) is 0 Å². The van der Waals surface area contributed by atoms with Crippen LogP contribution < -0.4 is 15.4 Å². The topological polar surface area (TPSA) is 158 Å². The summed E-state index contributed by atoms with van der Waals surface area (Å²) < 4.78 is 24.0. The van der Waals surface area contributed by atoms with Crippen molar-refractivity contribution in [2.75, 3.05) is 12.4 Å². The van der Waals surface area contributed by atoms with E-state index in [1.165, 1.54) is 18.2 Å². The zero-order chi connectivity index (χ0) is 23.1. The third kappa shape index (κ3) is 5.90. The molecular weight excluding hydrogens is 415 g/mol. The van der Waals surface area contributed by atoms with Crippen LogP contribution in [-0.4, -0.2) is 76.1 Å². The maximum atomic E-state index is 13.6. The largest absolute Gasteiger partial charge is 0.479 e. The van der Waals surface area contributed by atoms with Gasteiger partial charge in [-0.3, -0.25) is 4.79 Å². The summed E-state index contributed by atoms with van der Waals surface area (Å²) in [5.41, 5.74) is 0.251. The number of benzene rings is 1. The second kappa shape index (κ2) is 11.0. The Kier molecular flexibility index (Phi) is 8.73. The first kappa shape index (κ1) is 24.5. The minimum Gasteiger partial charge on any atom is -0.479 e. The van der Waals surface area contributed by atoms with Gasteiger partial charge in [-0.2, -0.15) is 0 Å². The number of carbonyl (C=O) groups is 2. The molecule has 0 radical (unpaired) electrons. The molecule has 31 heavy (non-hydrogen) atoms. The number of carbonyl (C=O) groups excluding carboxylic acids is 1. The van der Waals surface area contributed by atoms with Crippen LogP contribution in [0.15, 0.2) is 18.2 Å². The lowest BCUT2D eigenvalue weighted by Gasteiger charge is -2.38. The van der Waals surface area contributed by atoms with Gasteiger partial charge in [-0.1, -0.05) is 0 Å². The second-order valence-corrected chi connectivity index (χ2v) is 6.88. The summed E-state index contributed by atoms with van der Waals surface area (Å²) in [4.78, 5) is 23.5. The molecule has 0 bridgehead atoms. The molecule has 6 atom stereocenters. The average molecular weight is 440 g/mol. The summed E-state index contributed by atoms with van der Waals surface area (Å²) in [5, 5.41) is 44.2. The summed E-state index contributed by atoms with van der Waals surface area (Å²) in [5.74, 6) is 0.403. The lowest BCUT2D eigenvalue weighted by Crippen LogP contribution is -2.61. The van der Waals surface area contributed by atoms with Crippen molar-refractivity contribution < 1.29 is 43.9 Å². The van der Waals surface area contributed by atoms with Crippen LogP contribution in [0.2, 0.25) is 0 Å². The highest BCUT2D eigenvalue weighted by Crippen LogP contribution is 2.29. The van der Waals surface area contributed by atoms with E-state index < -0.39 is 49.4 Å². The van der Waals surface area contributed by atoms with E-state index in [0.717, 1.165) is 0 Å². The molecule has 1 amide bonds. The fraction of sp³-hybridized carbons (Fsp3) is 0.500. The van der Waals surface area contributed by atoms with Crippen molar-refractivity contribution in [1.82, 2.24) is 5.32 Å². The summed E-state index contributed by atoms with van der Waals surface area (Å²) in [7, 11) is 1.61.